The van der Waals surface area contributed by atoms with E-state index in [2.05, 4.69) is 16.6 Å². The number of rotatable bonds is 6. The van der Waals surface area contributed by atoms with Crippen molar-refractivity contribution in [2.45, 2.75) is 32.1 Å². The molecule has 1 fully saturated rings. The number of ether oxygens (including phenoxy) is 2. The van der Waals surface area contributed by atoms with Gasteiger partial charge in [-0.15, -0.1) is 6.42 Å². The molecule has 0 saturated carbocycles. The van der Waals surface area contributed by atoms with Gasteiger partial charge in [-0.1, -0.05) is 30.2 Å². The molecule has 118 valence electrons. The van der Waals surface area contributed by atoms with Gasteiger partial charge in [0, 0.05) is 19.8 Å². The van der Waals surface area contributed by atoms with Crippen LogP contribution in [0.3, 0.4) is 0 Å². The maximum Gasteiger partial charge on any atom is 0.315 e. The Morgan fingerprint density at radius 3 is 2.59 bits per heavy atom. The number of carbonyl (C=O) groups is 1. The minimum Gasteiger partial charge on any atom is -0.381 e. The fourth-order valence-corrected chi connectivity index (χ4v) is 2.19. The summed E-state index contributed by atoms with van der Waals surface area (Å²) in [5.74, 6) is 2.35. The van der Waals surface area contributed by atoms with Crippen LogP contribution in [0.4, 0.5) is 4.79 Å². The zero-order valence-electron chi connectivity index (χ0n) is 12.6. The average Bonchev–Trinajstić information content (AvgIpc) is 2.58. The van der Waals surface area contributed by atoms with E-state index in [0.717, 1.165) is 37.2 Å². The fourth-order valence-electron chi connectivity index (χ4n) is 2.19. The van der Waals surface area contributed by atoms with E-state index in [-0.39, 0.29) is 12.6 Å². The van der Waals surface area contributed by atoms with Crippen LogP contribution < -0.4 is 10.6 Å². The van der Waals surface area contributed by atoms with Crippen molar-refractivity contribution >= 4 is 6.03 Å². The summed E-state index contributed by atoms with van der Waals surface area (Å²) in [5.41, 5.74) is 2.16. The second-order valence-electron chi connectivity index (χ2n) is 5.18. The molecule has 0 aliphatic carbocycles. The third kappa shape index (κ3) is 5.76. The van der Waals surface area contributed by atoms with Gasteiger partial charge < -0.3 is 20.1 Å². The molecule has 5 heteroatoms. The van der Waals surface area contributed by atoms with E-state index in [1.54, 1.807) is 0 Å². The van der Waals surface area contributed by atoms with Gasteiger partial charge in [0.15, 0.2) is 0 Å². The first-order valence-electron chi connectivity index (χ1n) is 7.50. The van der Waals surface area contributed by atoms with Gasteiger partial charge in [0.05, 0.1) is 19.3 Å². The molecule has 5 nitrogen and oxygen atoms in total. The number of carbonyl (C=O) groups excluding carboxylic acids is 1. The molecule has 1 aliphatic heterocycles. The number of terminal acetylenes is 1. The van der Waals surface area contributed by atoms with Gasteiger partial charge in [0.2, 0.25) is 0 Å². The van der Waals surface area contributed by atoms with E-state index >= 15 is 0 Å². The van der Waals surface area contributed by atoms with Crippen molar-refractivity contribution in [3.63, 3.8) is 0 Å². The van der Waals surface area contributed by atoms with Gasteiger partial charge in [-0.3, -0.25) is 0 Å². The predicted octanol–water partition coefficient (Wildman–Crippen LogP) is 1.81. The van der Waals surface area contributed by atoms with Gasteiger partial charge in [-0.2, -0.15) is 0 Å². The van der Waals surface area contributed by atoms with Crippen molar-refractivity contribution in [3.05, 3.63) is 35.4 Å². The Balaban J connectivity index is 1.70. The SMILES string of the molecule is C#CCNC(=O)NCc1ccc(COC2CCOCC2)cc1. The second-order valence-corrected chi connectivity index (χ2v) is 5.18. The van der Waals surface area contributed by atoms with Crippen LogP contribution in [0, 0.1) is 12.3 Å². The van der Waals surface area contributed by atoms with E-state index in [1.807, 2.05) is 24.3 Å². The van der Waals surface area contributed by atoms with Crippen LogP contribution in [0.2, 0.25) is 0 Å². The van der Waals surface area contributed by atoms with Crippen LogP contribution in [-0.4, -0.2) is 31.9 Å². The Bertz CT molecular complexity index is 502. The molecule has 0 atom stereocenters. The number of nitrogens with one attached hydrogen (secondary N) is 2. The molecule has 0 aromatic heterocycles. The number of hydrogen-bond donors (Lipinski definition) is 2. The minimum absolute atomic E-state index is 0.230. The summed E-state index contributed by atoms with van der Waals surface area (Å²) in [6.45, 7) is 2.89. The van der Waals surface area contributed by atoms with E-state index in [1.165, 1.54) is 0 Å². The van der Waals surface area contributed by atoms with Gasteiger partial charge in [-0.05, 0) is 24.0 Å². The van der Waals surface area contributed by atoms with Crippen molar-refractivity contribution in [2.75, 3.05) is 19.8 Å². The molecular formula is C17H22N2O3. The molecule has 1 heterocycles. The smallest absolute Gasteiger partial charge is 0.315 e. The summed E-state index contributed by atoms with van der Waals surface area (Å²) in [7, 11) is 0. The van der Waals surface area contributed by atoms with Crippen molar-refractivity contribution in [2.24, 2.45) is 0 Å². The highest BCUT2D eigenvalue weighted by atomic mass is 16.5. The lowest BCUT2D eigenvalue weighted by atomic mass is 10.1. The Kier molecular flexibility index (Phi) is 6.75. The highest BCUT2D eigenvalue weighted by Crippen LogP contribution is 2.13. The molecule has 2 amide bonds. The first-order chi connectivity index (χ1) is 10.8. The predicted molar refractivity (Wildman–Crippen MR) is 84.1 cm³/mol. The maximum atomic E-state index is 11.4. The van der Waals surface area contributed by atoms with Crippen LogP contribution >= 0.6 is 0 Å². The molecule has 1 saturated heterocycles. The third-order valence-corrected chi connectivity index (χ3v) is 3.48. The van der Waals surface area contributed by atoms with Crippen LogP contribution in [0.1, 0.15) is 24.0 Å². The molecule has 2 N–H and O–H groups in total. The first-order valence-corrected chi connectivity index (χ1v) is 7.50. The highest BCUT2D eigenvalue weighted by molar-refractivity contribution is 5.74. The lowest BCUT2D eigenvalue weighted by Crippen LogP contribution is -2.35. The van der Waals surface area contributed by atoms with E-state index < -0.39 is 0 Å². The average molecular weight is 302 g/mol. The largest absolute Gasteiger partial charge is 0.381 e. The summed E-state index contributed by atoms with van der Waals surface area (Å²) < 4.78 is 11.2. The van der Waals surface area contributed by atoms with Crippen LogP contribution in [0.5, 0.6) is 0 Å². The number of benzene rings is 1. The van der Waals surface area contributed by atoms with E-state index in [9.17, 15) is 4.79 Å². The van der Waals surface area contributed by atoms with Gasteiger partial charge in [-0.25, -0.2) is 4.79 Å². The zero-order valence-corrected chi connectivity index (χ0v) is 12.6. The summed E-state index contributed by atoms with van der Waals surface area (Å²) in [4.78, 5) is 11.4. The Morgan fingerprint density at radius 1 is 1.23 bits per heavy atom. The van der Waals surface area contributed by atoms with E-state index in [0.29, 0.717) is 19.3 Å². The molecule has 0 spiro atoms. The summed E-state index contributed by atoms with van der Waals surface area (Å²) in [6, 6.07) is 7.77. The lowest BCUT2D eigenvalue weighted by molar-refractivity contribution is -0.0390. The Morgan fingerprint density at radius 2 is 1.91 bits per heavy atom. The number of amides is 2. The van der Waals surface area contributed by atoms with Crippen molar-refractivity contribution in [3.8, 4) is 12.3 Å². The third-order valence-electron chi connectivity index (χ3n) is 3.48. The monoisotopic (exact) mass is 302 g/mol. The van der Waals surface area contributed by atoms with Crippen LogP contribution in [0.25, 0.3) is 0 Å². The van der Waals surface area contributed by atoms with Crippen molar-refractivity contribution < 1.29 is 14.3 Å². The topological polar surface area (TPSA) is 59.6 Å². The standard InChI is InChI=1S/C17H22N2O3/c1-2-9-18-17(20)19-12-14-3-5-15(6-4-14)13-22-16-7-10-21-11-8-16/h1,3-6,16H,7-13H2,(H2,18,19,20). The fraction of sp³-hybridized carbons (Fsp3) is 0.471. The molecule has 0 bridgehead atoms. The molecule has 1 aliphatic rings. The van der Waals surface area contributed by atoms with Gasteiger partial charge >= 0.3 is 6.03 Å². The molecule has 0 unspecified atom stereocenters. The quantitative estimate of drug-likeness (QED) is 0.788. The normalized spacial score (nSPS) is 15.0. The molecule has 22 heavy (non-hydrogen) atoms. The maximum absolute atomic E-state index is 11.4. The summed E-state index contributed by atoms with van der Waals surface area (Å²) in [6.07, 6.45) is 7.31. The Labute approximate surface area is 131 Å². The Hall–Kier alpha value is -2.03. The van der Waals surface area contributed by atoms with Crippen LogP contribution in [-0.2, 0) is 22.6 Å². The number of urea groups is 1. The van der Waals surface area contributed by atoms with E-state index in [4.69, 9.17) is 15.9 Å². The highest BCUT2D eigenvalue weighted by Gasteiger charge is 2.13. The second kappa shape index (κ2) is 9.08. The molecule has 2 rings (SSSR count). The van der Waals surface area contributed by atoms with Gasteiger partial charge in [0.25, 0.3) is 0 Å². The van der Waals surface area contributed by atoms with Crippen LogP contribution in [0.15, 0.2) is 24.3 Å². The minimum atomic E-state index is -0.259. The summed E-state index contributed by atoms with van der Waals surface area (Å²) in [5, 5.41) is 5.30. The lowest BCUT2D eigenvalue weighted by Gasteiger charge is -2.22. The molecule has 1 aromatic carbocycles. The molecular weight excluding hydrogens is 280 g/mol. The molecule has 0 radical (unpaired) electrons. The van der Waals surface area contributed by atoms with Crippen molar-refractivity contribution in [1.29, 1.82) is 0 Å². The van der Waals surface area contributed by atoms with Gasteiger partial charge in [0.1, 0.15) is 0 Å². The first kappa shape index (κ1) is 16.3. The molecule has 1 aromatic rings. The summed E-state index contributed by atoms with van der Waals surface area (Å²) >= 11 is 0. The van der Waals surface area contributed by atoms with Crippen molar-refractivity contribution in [1.82, 2.24) is 10.6 Å². The zero-order chi connectivity index (χ0) is 15.6. The number of hydrogen-bond acceptors (Lipinski definition) is 3.